The monoisotopic (exact) mass is 637 g/mol. The second kappa shape index (κ2) is 11.5. The molecule has 0 fully saturated rings. The van der Waals surface area contributed by atoms with E-state index >= 15 is 0 Å². The van der Waals surface area contributed by atoms with Gasteiger partial charge >= 0.3 is 0 Å². The van der Waals surface area contributed by atoms with Crippen molar-refractivity contribution in [3.05, 3.63) is 188 Å². The van der Waals surface area contributed by atoms with E-state index in [9.17, 15) is 0 Å². The lowest BCUT2D eigenvalue weighted by atomic mass is 9.97. The van der Waals surface area contributed by atoms with Crippen molar-refractivity contribution in [2.75, 3.05) is 4.90 Å². The van der Waals surface area contributed by atoms with Crippen molar-refractivity contribution in [2.45, 2.75) is 0 Å². The van der Waals surface area contributed by atoms with Crippen LogP contribution in [-0.4, -0.2) is 0 Å². The number of hydrogen-bond acceptors (Lipinski definition) is 2. The smallest absolute Gasteiger partial charge is 0.143 e. The van der Waals surface area contributed by atoms with Crippen LogP contribution < -0.4 is 4.90 Å². The molecule has 0 saturated carbocycles. The highest BCUT2D eigenvalue weighted by atomic mass is 16.3. The van der Waals surface area contributed by atoms with Crippen LogP contribution in [0.2, 0.25) is 0 Å². The summed E-state index contributed by atoms with van der Waals surface area (Å²) < 4.78 is 6.76. The maximum Gasteiger partial charge on any atom is 0.143 e. The van der Waals surface area contributed by atoms with Gasteiger partial charge in [-0.1, -0.05) is 152 Å². The molecule has 0 atom stereocenters. The van der Waals surface area contributed by atoms with E-state index in [-0.39, 0.29) is 0 Å². The molecular weight excluding hydrogens is 607 g/mol. The van der Waals surface area contributed by atoms with E-state index in [2.05, 4.69) is 193 Å². The average Bonchev–Trinajstić information content (AvgIpc) is 3.57. The molecule has 0 bridgehead atoms. The van der Waals surface area contributed by atoms with Gasteiger partial charge in [0.15, 0.2) is 0 Å². The van der Waals surface area contributed by atoms with E-state index in [4.69, 9.17) is 4.42 Å². The average molecular weight is 638 g/mol. The third kappa shape index (κ3) is 4.57. The molecule has 0 aliphatic carbocycles. The van der Waals surface area contributed by atoms with Gasteiger partial charge in [0, 0.05) is 32.6 Å². The molecule has 50 heavy (non-hydrogen) atoms. The molecule has 10 aromatic rings. The molecule has 0 unspecified atom stereocenters. The van der Waals surface area contributed by atoms with Gasteiger partial charge in [-0.3, -0.25) is 0 Å². The first-order chi connectivity index (χ1) is 24.8. The van der Waals surface area contributed by atoms with E-state index in [1.165, 1.54) is 38.2 Å². The Morgan fingerprint density at radius 1 is 0.320 bits per heavy atom. The van der Waals surface area contributed by atoms with E-state index in [1.807, 2.05) is 0 Å². The summed E-state index contributed by atoms with van der Waals surface area (Å²) >= 11 is 0. The zero-order valence-electron chi connectivity index (χ0n) is 27.3. The molecule has 0 amide bonds. The van der Waals surface area contributed by atoms with Gasteiger partial charge in [-0.2, -0.15) is 0 Å². The molecule has 2 heteroatoms. The van der Waals surface area contributed by atoms with Gasteiger partial charge in [-0.15, -0.1) is 0 Å². The van der Waals surface area contributed by atoms with Crippen LogP contribution in [0.4, 0.5) is 17.1 Å². The van der Waals surface area contributed by atoms with Crippen LogP contribution >= 0.6 is 0 Å². The number of hydrogen-bond donors (Lipinski definition) is 0. The van der Waals surface area contributed by atoms with Crippen molar-refractivity contribution in [1.29, 1.82) is 0 Å². The number of fused-ring (bicyclic) bond motifs is 8. The first-order valence-electron chi connectivity index (χ1n) is 17.1. The van der Waals surface area contributed by atoms with Gasteiger partial charge in [0.25, 0.3) is 0 Å². The molecule has 0 aliphatic rings. The summed E-state index contributed by atoms with van der Waals surface area (Å²) in [5, 5.41) is 9.31. The maximum atomic E-state index is 6.76. The third-order valence-electron chi connectivity index (χ3n) is 10.0. The Hall–Kier alpha value is -6.64. The standard InChI is InChI=1S/C48H31NO/c1-3-14-32(15-4-1)34-19-13-20-37(28-34)49(45-29-36-18-7-8-21-38(36)39-22-9-10-23-40(39)45)46-31-44-42-27-26-35(33-16-5-2-6-17-33)30-47(42)50-48(44)43-25-12-11-24-41(43)46/h1-31H. The van der Waals surface area contributed by atoms with Crippen LogP contribution in [0, 0.1) is 0 Å². The van der Waals surface area contributed by atoms with Gasteiger partial charge < -0.3 is 9.32 Å². The zero-order chi connectivity index (χ0) is 33.0. The maximum absolute atomic E-state index is 6.76. The van der Waals surface area contributed by atoms with Gasteiger partial charge in [0.1, 0.15) is 11.2 Å². The summed E-state index contributed by atoms with van der Waals surface area (Å²) in [6.07, 6.45) is 0. The zero-order valence-corrected chi connectivity index (χ0v) is 27.3. The van der Waals surface area contributed by atoms with Crippen molar-refractivity contribution in [1.82, 2.24) is 0 Å². The molecule has 1 aromatic heterocycles. The van der Waals surface area contributed by atoms with Crippen molar-refractivity contribution >= 4 is 71.3 Å². The highest BCUT2D eigenvalue weighted by Crippen LogP contribution is 2.48. The number of nitrogens with zero attached hydrogens (tertiary/aromatic N) is 1. The quantitative estimate of drug-likeness (QED) is 0.175. The summed E-state index contributed by atoms with van der Waals surface area (Å²) in [4.78, 5) is 2.46. The Bertz CT molecular complexity index is 2870. The fraction of sp³-hybridized carbons (Fsp3) is 0. The van der Waals surface area contributed by atoms with Crippen molar-refractivity contribution < 1.29 is 4.42 Å². The highest BCUT2D eigenvalue weighted by Gasteiger charge is 2.23. The topological polar surface area (TPSA) is 16.4 Å². The van der Waals surface area contributed by atoms with Crippen molar-refractivity contribution in [3.63, 3.8) is 0 Å². The van der Waals surface area contributed by atoms with Crippen LogP contribution in [-0.2, 0) is 0 Å². The fourth-order valence-electron chi connectivity index (χ4n) is 7.66. The molecule has 0 N–H and O–H groups in total. The van der Waals surface area contributed by atoms with Gasteiger partial charge in [0.2, 0.25) is 0 Å². The SMILES string of the molecule is c1ccc(-c2cccc(N(c3cc4ccccc4c4ccccc34)c3cc4c5ccc(-c6ccccc6)cc5oc4c4ccccc34)c2)cc1. The van der Waals surface area contributed by atoms with E-state index < -0.39 is 0 Å². The molecule has 9 aromatic carbocycles. The van der Waals surface area contributed by atoms with Crippen molar-refractivity contribution in [3.8, 4) is 22.3 Å². The fourth-order valence-corrected chi connectivity index (χ4v) is 7.66. The van der Waals surface area contributed by atoms with E-state index in [0.29, 0.717) is 0 Å². The molecule has 234 valence electrons. The Kier molecular flexibility index (Phi) is 6.53. The lowest BCUT2D eigenvalue weighted by Gasteiger charge is -2.29. The van der Waals surface area contributed by atoms with Gasteiger partial charge in [-0.05, 0) is 74.8 Å². The number of anilines is 3. The van der Waals surface area contributed by atoms with Gasteiger partial charge in [-0.25, -0.2) is 0 Å². The largest absolute Gasteiger partial charge is 0.455 e. The lowest BCUT2D eigenvalue weighted by molar-refractivity contribution is 0.673. The number of rotatable bonds is 5. The normalized spacial score (nSPS) is 11.6. The van der Waals surface area contributed by atoms with E-state index in [0.717, 1.165) is 55.3 Å². The second-order valence-electron chi connectivity index (χ2n) is 12.9. The minimum Gasteiger partial charge on any atom is -0.455 e. The summed E-state index contributed by atoms with van der Waals surface area (Å²) in [5.41, 5.74) is 9.80. The van der Waals surface area contributed by atoms with Crippen LogP contribution in [0.3, 0.4) is 0 Å². The first-order valence-corrected chi connectivity index (χ1v) is 17.1. The number of benzene rings is 9. The minimum atomic E-state index is 0.887. The molecule has 2 nitrogen and oxygen atoms in total. The molecule has 0 aliphatic heterocycles. The summed E-state index contributed by atoms with van der Waals surface area (Å²) in [5.74, 6) is 0. The van der Waals surface area contributed by atoms with Crippen LogP contribution in [0.1, 0.15) is 0 Å². The van der Waals surface area contributed by atoms with Crippen LogP contribution in [0.5, 0.6) is 0 Å². The second-order valence-corrected chi connectivity index (χ2v) is 12.9. The summed E-state index contributed by atoms with van der Waals surface area (Å²) in [6.45, 7) is 0. The molecule has 0 radical (unpaired) electrons. The first kappa shape index (κ1) is 28.4. The highest BCUT2D eigenvalue weighted by molar-refractivity contribution is 6.21. The summed E-state index contributed by atoms with van der Waals surface area (Å²) in [7, 11) is 0. The third-order valence-corrected chi connectivity index (χ3v) is 10.0. The predicted octanol–water partition coefficient (Wildman–Crippen LogP) is 13.8. The van der Waals surface area contributed by atoms with Crippen LogP contribution in [0.25, 0.3) is 76.5 Å². The van der Waals surface area contributed by atoms with Gasteiger partial charge in [0.05, 0.1) is 11.4 Å². The molecule has 10 rings (SSSR count). The Morgan fingerprint density at radius 3 is 1.62 bits per heavy atom. The molecule has 0 spiro atoms. The summed E-state index contributed by atoms with van der Waals surface area (Å²) in [6, 6.07) is 67.5. The lowest BCUT2D eigenvalue weighted by Crippen LogP contribution is -2.11. The molecule has 0 saturated heterocycles. The molecule has 1 heterocycles. The number of furan rings is 1. The van der Waals surface area contributed by atoms with Crippen molar-refractivity contribution in [2.24, 2.45) is 0 Å². The predicted molar refractivity (Wildman–Crippen MR) is 212 cm³/mol. The van der Waals surface area contributed by atoms with E-state index in [1.54, 1.807) is 0 Å². The minimum absolute atomic E-state index is 0.887. The van der Waals surface area contributed by atoms with Crippen LogP contribution in [0.15, 0.2) is 192 Å². The Morgan fingerprint density at radius 2 is 0.880 bits per heavy atom. The Labute approximate surface area is 290 Å². The molecular formula is C48H31NO. The Balaban J connectivity index is 1.30.